The Bertz CT molecular complexity index is 2140. The van der Waals surface area contributed by atoms with Gasteiger partial charge in [0, 0.05) is 25.7 Å². The van der Waals surface area contributed by atoms with Crippen molar-refractivity contribution in [2.45, 2.75) is 367 Å². The van der Waals surface area contributed by atoms with Crippen molar-refractivity contribution in [3.05, 3.63) is 72.9 Å². The molecule has 0 aliphatic rings. The monoisotopic (exact) mass is 1420 g/mol. The molecular formula is C79H142O17P2. The van der Waals surface area contributed by atoms with Crippen molar-refractivity contribution < 1.29 is 80.2 Å². The number of unbranched alkanes of at least 4 members (excludes halogenated alkanes) is 36. The van der Waals surface area contributed by atoms with Crippen LogP contribution in [0.2, 0.25) is 0 Å². The SMILES string of the molecule is CC/C=C\C/C=C\C/C=C\CCCCCCCCCC(=O)OCC(COP(=O)(O)OCC(O)COP(=O)(O)OCC(COC(=O)CCCCCCC/C=C\CCCCCC)OC(=O)CCCCCCC/C=C\CCCCCC)OC(=O)CCCCCCC/C=C\CCCCCCCC. The lowest BCUT2D eigenvalue weighted by molar-refractivity contribution is -0.161. The number of hydrogen-bond donors (Lipinski definition) is 3. The van der Waals surface area contributed by atoms with E-state index in [0.29, 0.717) is 25.7 Å². The van der Waals surface area contributed by atoms with Crippen molar-refractivity contribution in [2.24, 2.45) is 0 Å². The number of allylic oxidation sites excluding steroid dienone is 12. The molecule has 0 amide bonds. The Morgan fingerprint density at radius 2 is 0.531 bits per heavy atom. The van der Waals surface area contributed by atoms with Gasteiger partial charge in [-0.05, 0) is 135 Å². The lowest BCUT2D eigenvalue weighted by Gasteiger charge is -2.21. The van der Waals surface area contributed by atoms with E-state index < -0.39 is 97.5 Å². The van der Waals surface area contributed by atoms with Crippen LogP contribution in [0.4, 0.5) is 0 Å². The minimum Gasteiger partial charge on any atom is -0.462 e. The highest BCUT2D eigenvalue weighted by molar-refractivity contribution is 7.47. The quantitative estimate of drug-likeness (QED) is 0.0169. The van der Waals surface area contributed by atoms with E-state index in [1.54, 1.807) is 0 Å². The molecule has 0 aliphatic heterocycles. The third kappa shape index (κ3) is 70.9. The van der Waals surface area contributed by atoms with Gasteiger partial charge < -0.3 is 33.8 Å². The van der Waals surface area contributed by atoms with Crippen LogP contribution in [-0.4, -0.2) is 96.7 Å². The van der Waals surface area contributed by atoms with E-state index in [2.05, 4.69) is 101 Å². The summed E-state index contributed by atoms with van der Waals surface area (Å²) in [7, 11) is -9.95. The summed E-state index contributed by atoms with van der Waals surface area (Å²) >= 11 is 0. The molecule has 0 fully saturated rings. The molecule has 570 valence electrons. The number of rotatable bonds is 74. The first-order chi connectivity index (χ1) is 47.7. The van der Waals surface area contributed by atoms with E-state index in [4.69, 9.17) is 37.0 Å². The number of aliphatic hydroxyl groups is 1. The Morgan fingerprint density at radius 3 is 0.837 bits per heavy atom. The fourth-order valence-corrected chi connectivity index (χ4v) is 12.2. The number of carbonyl (C=O) groups is 4. The Labute approximate surface area is 596 Å². The van der Waals surface area contributed by atoms with Crippen LogP contribution in [0.5, 0.6) is 0 Å². The number of phosphoric ester groups is 2. The Hall–Kier alpha value is -3.50. The zero-order chi connectivity index (χ0) is 71.8. The molecular weight excluding hydrogens is 1280 g/mol. The van der Waals surface area contributed by atoms with Crippen LogP contribution in [0, 0.1) is 0 Å². The van der Waals surface area contributed by atoms with Crippen molar-refractivity contribution in [3.8, 4) is 0 Å². The zero-order valence-electron chi connectivity index (χ0n) is 62.2. The molecule has 19 heteroatoms. The van der Waals surface area contributed by atoms with Crippen molar-refractivity contribution in [3.63, 3.8) is 0 Å². The van der Waals surface area contributed by atoms with E-state index in [0.717, 1.165) is 180 Å². The van der Waals surface area contributed by atoms with Gasteiger partial charge >= 0.3 is 39.5 Å². The van der Waals surface area contributed by atoms with Crippen molar-refractivity contribution in [1.82, 2.24) is 0 Å². The van der Waals surface area contributed by atoms with E-state index in [-0.39, 0.29) is 25.7 Å². The van der Waals surface area contributed by atoms with Gasteiger partial charge in [0.25, 0.3) is 0 Å². The molecule has 0 radical (unpaired) electrons. The average Bonchev–Trinajstić information content (AvgIpc) is 1.05. The molecule has 5 unspecified atom stereocenters. The fraction of sp³-hybridized carbons (Fsp3) is 0.797. The van der Waals surface area contributed by atoms with Gasteiger partial charge in [-0.3, -0.25) is 37.3 Å². The lowest BCUT2D eigenvalue weighted by Crippen LogP contribution is -2.30. The number of ether oxygens (including phenoxy) is 4. The average molecular weight is 1430 g/mol. The molecule has 0 saturated heterocycles. The molecule has 5 atom stereocenters. The summed E-state index contributed by atoms with van der Waals surface area (Å²) in [5, 5.41) is 10.6. The Kier molecular flexibility index (Phi) is 69.3. The van der Waals surface area contributed by atoms with Crippen LogP contribution >= 0.6 is 15.6 Å². The summed E-state index contributed by atoms with van der Waals surface area (Å²) in [6, 6.07) is 0. The van der Waals surface area contributed by atoms with E-state index >= 15 is 0 Å². The largest absolute Gasteiger partial charge is 0.472 e. The summed E-state index contributed by atoms with van der Waals surface area (Å²) in [5.41, 5.74) is 0. The highest BCUT2D eigenvalue weighted by Gasteiger charge is 2.30. The third-order valence-electron chi connectivity index (χ3n) is 16.6. The summed E-state index contributed by atoms with van der Waals surface area (Å²) in [4.78, 5) is 72.9. The molecule has 0 aliphatic carbocycles. The number of carbonyl (C=O) groups excluding carboxylic acids is 4. The third-order valence-corrected chi connectivity index (χ3v) is 18.5. The molecule has 0 heterocycles. The predicted octanol–water partition coefficient (Wildman–Crippen LogP) is 22.4. The minimum atomic E-state index is -4.98. The smallest absolute Gasteiger partial charge is 0.462 e. The zero-order valence-corrected chi connectivity index (χ0v) is 64.0. The van der Waals surface area contributed by atoms with Gasteiger partial charge in [-0.2, -0.15) is 0 Å². The molecule has 0 bridgehead atoms. The fourth-order valence-electron chi connectivity index (χ4n) is 10.6. The lowest BCUT2D eigenvalue weighted by atomic mass is 10.1. The van der Waals surface area contributed by atoms with Crippen molar-refractivity contribution >= 4 is 39.5 Å². The first-order valence-electron chi connectivity index (χ1n) is 39.2. The number of hydrogen-bond acceptors (Lipinski definition) is 15. The maximum atomic E-state index is 13.1. The van der Waals surface area contributed by atoms with Crippen LogP contribution in [0.15, 0.2) is 72.9 Å². The molecule has 0 aromatic heterocycles. The van der Waals surface area contributed by atoms with E-state index in [1.807, 2.05) is 0 Å². The normalized spacial score (nSPS) is 14.3. The van der Waals surface area contributed by atoms with Crippen LogP contribution in [0.25, 0.3) is 0 Å². The summed E-state index contributed by atoms with van der Waals surface area (Å²) in [5.74, 6) is -2.19. The van der Waals surface area contributed by atoms with E-state index in [1.165, 1.54) is 89.9 Å². The van der Waals surface area contributed by atoms with Gasteiger partial charge in [0.15, 0.2) is 12.2 Å². The molecule has 0 aromatic rings. The minimum absolute atomic E-state index is 0.0851. The van der Waals surface area contributed by atoms with Crippen molar-refractivity contribution in [1.29, 1.82) is 0 Å². The molecule has 17 nitrogen and oxygen atoms in total. The van der Waals surface area contributed by atoms with Crippen LogP contribution in [0.3, 0.4) is 0 Å². The Balaban J connectivity index is 5.34. The molecule has 98 heavy (non-hydrogen) atoms. The second-order valence-electron chi connectivity index (χ2n) is 26.3. The van der Waals surface area contributed by atoms with Gasteiger partial charge in [-0.15, -0.1) is 0 Å². The predicted molar refractivity (Wildman–Crippen MR) is 400 cm³/mol. The van der Waals surface area contributed by atoms with Crippen molar-refractivity contribution in [2.75, 3.05) is 39.6 Å². The highest BCUT2D eigenvalue weighted by Crippen LogP contribution is 2.45. The summed E-state index contributed by atoms with van der Waals surface area (Å²) < 4.78 is 68.5. The van der Waals surface area contributed by atoms with Crippen LogP contribution in [-0.2, 0) is 65.4 Å². The molecule has 0 spiro atoms. The molecule has 3 N–H and O–H groups in total. The summed E-state index contributed by atoms with van der Waals surface area (Å²) in [6.07, 6.45) is 71.7. The van der Waals surface area contributed by atoms with Gasteiger partial charge in [-0.25, -0.2) is 9.13 Å². The molecule has 0 aromatic carbocycles. The number of aliphatic hydroxyl groups excluding tert-OH is 1. The topological polar surface area (TPSA) is 237 Å². The summed E-state index contributed by atoms with van der Waals surface area (Å²) in [6.45, 7) is 4.74. The second-order valence-corrected chi connectivity index (χ2v) is 29.2. The molecule has 0 rings (SSSR count). The second kappa shape index (κ2) is 71.9. The van der Waals surface area contributed by atoms with E-state index in [9.17, 15) is 43.2 Å². The van der Waals surface area contributed by atoms with Crippen LogP contribution in [0.1, 0.15) is 349 Å². The first-order valence-corrected chi connectivity index (χ1v) is 42.2. The Morgan fingerprint density at radius 1 is 0.296 bits per heavy atom. The maximum absolute atomic E-state index is 13.1. The number of esters is 4. The maximum Gasteiger partial charge on any atom is 0.472 e. The van der Waals surface area contributed by atoms with Gasteiger partial charge in [0.05, 0.1) is 26.4 Å². The first kappa shape index (κ1) is 94.5. The standard InChI is InChI=1S/C79H142O17P2/c1-5-9-13-17-21-25-29-33-35-36-38-41-44-48-52-56-60-64-77(82)90-70-75(96-79(84)66-62-58-54-50-46-42-37-34-30-26-22-18-14-10-6-2)72-94-98(87,88)92-68-73(80)67-91-97(85,86)93-71-74(95-78(83)65-61-57-53-49-45-40-32-28-24-20-16-12-8-4)69-89-76(81)63-59-55-51-47-43-39-31-27-23-19-15-11-7-3/h9,13,21,25,27-28,31-35,37,73-75,80H,5-8,10-12,14-20,22-24,26,29-30,36,38-72H2,1-4H3,(H,85,86)(H,87,88)/b13-9-,25-21-,31-27-,32-28-,35-33-,37-34-. The van der Waals surface area contributed by atoms with Crippen LogP contribution < -0.4 is 0 Å². The van der Waals surface area contributed by atoms with Gasteiger partial charge in [0.2, 0.25) is 0 Å². The van der Waals surface area contributed by atoms with Gasteiger partial charge in [0.1, 0.15) is 19.3 Å². The van der Waals surface area contributed by atoms with Gasteiger partial charge in [-0.1, -0.05) is 261 Å². The highest BCUT2D eigenvalue weighted by atomic mass is 31.2. The molecule has 0 saturated carbocycles. The number of phosphoric acid groups is 2.